The third kappa shape index (κ3) is 2.89. The molecular weight excluding hydrogens is 250 g/mol. The molecule has 2 rings (SSSR count). The highest BCUT2D eigenvalue weighted by Gasteiger charge is 2.12. The topological polar surface area (TPSA) is 26.0 Å². The summed E-state index contributed by atoms with van der Waals surface area (Å²) in [4.78, 5) is 2.58. The lowest BCUT2D eigenvalue weighted by Gasteiger charge is -2.10. The van der Waals surface area contributed by atoms with Crippen LogP contribution >= 0.6 is 22.9 Å². The minimum absolute atomic E-state index is 0.0345. The fourth-order valence-corrected chi connectivity index (χ4v) is 3.04. The molecule has 0 saturated heterocycles. The maximum Gasteiger partial charge on any atom is 0.0438 e. The predicted octanol–water partition coefficient (Wildman–Crippen LogP) is 4.26. The molecule has 17 heavy (non-hydrogen) atoms. The highest BCUT2D eigenvalue weighted by atomic mass is 35.5. The van der Waals surface area contributed by atoms with Crippen LogP contribution in [0.4, 0.5) is 0 Å². The van der Waals surface area contributed by atoms with Crippen LogP contribution < -0.4 is 5.73 Å². The summed E-state index contributed by atoms with van der Waals surface area (Å²) in [6, 6.07) is 10.1. The lowest BCUT2D eigenvalue weighted by atomic mass is 10.0. The van der Waals surface area contributed by atoms with Crippen molar-refractivity contribution >= 4 is 22.9 Å². The number of nitrogens with two attached hydrogens (primary N) is 1. The Kier molecular flexibility index (Phi) is 3.87. The third-order valence-electron chi connectivity index (χ3n) is 2.95. The van der Waals surface area contributed by atoms with Crippen molar-refractivity contribution in [3.63, 3.8) is 0 Å². The summed E-state index contributed by atoms with van der Waals surface area (Å²) in [7, 11) is 0. The molecule has 2 N–H and O–H groups in total. The fourth-order valence-electron chi connectivity index (χ4n) is 1.79. The van der Waals surface area contributed by atoms with Gasteiger partial charge in [0.25, 0.3) is 0 Å². The van der Waals surface area contributed by atoms with Gasteiger partial charge in [-0.25, -0.2) is 0 Å². The average Bonchev–Trinajstić information content (AvgIpc) is 2.63. The second-order valence-corrected chi connectivity index (χ2v) is 5.99. The molecule has 0 bridgehead atoms. The summed E-state index contributed by atoms with van der Waals surface area (Å²) in [5.41, 5.74) is 8.67. The van der Waals surface area contributed by atoms with Crippen molar-refractivity contribution in [3.05, 3.63) is 56.2 Å². The first-order chi connectivity index (χ1) is 8.08. The number of hydrogen-bond acceptors (Lipinski definition) is 2. The van der Waals surface area contributed by atoms with E-state index >= 15 is 0 Å². The standard InChI is InChI=1S/C14H16ClNS/c1-9-7-14(17-10(9)2)13(16)8-11-5-3-4-6-12(11)15/h3-7,13H,8,16H2,1-2H3. The van der Waals surface area contributed by atoms with Gasteiger partial charge in [-0.15, -0.1) is 11.3 Å². The zero-order valence-corrected chi connectivity index (χ0v) is 11.6. The first kappa shape index (κ1) is 12.6. The lowest BCUT2D eigenvalue weighted by molar-refractivity contribution is 0.736. The van der Waals surface area contributed by atoms with Crippen LogP contribution in [0.15, 0.2) is 30.3 Å². The van der Waals surface area contributed by atoms with Gasteiger partial charge in [-0.2, -0.15) is 0 Å². The summed E-state index contributed by atoms with van der Waals surface area (Å²) < 4.78 is 0. The number of rotatable bonds is 3. The molecule has 1 aromatic carbocycles. The quantitative estimate of drug-likeness (QED) is 0.882. The third-order valence-corrected chi connectivity index (χ3v) is 4.60. The van der Waals surface area contributed by atoms with Gasteiger partial charge in [0.2, 0.25) is 0 Å². The number of aryl methyl sites for hydroxylation is 2. The van der Waals surface area contributed by atoms with Crippen LogP contribution in [0.3, 0.4) is 0 Å². The van der Waals surface area contributed by atoms with Crippen molar-refractivity contribution in [1.82, 2.24) is 0 Å². The van der Waals surface area contributed by atoms with Crippen LogP contribution in [0.1, 0.15) is 26.9 Å². The molecule has 0 aliphatic rings. The van der Waals surface area contributed by atoms with Gasteiger partial charge >= 0.3 is 0 Å². The van der Waals surface area contributed by atoms with Crippen LogP contribution in [-0.4, -0.2) is 0 Å². The van der Waals surface area contributed by atoms with E-state index in [9.17, 15) is 0 Å². The second-order valence-electron chi connectivity index (χ2n) is 4.29. The van der Waals surface area contributed by atoms with E-state index in [4.69, 9.17) is 17.3 Å². The highest BCUT2D eigenvalue weighted by molar-refractivity contribution is 7.12. The molecule has 2 aromatic rings. The van der Waals surface area contributed by atoms with Crippen molar-refractivity contribution in [2.75, 3.05) is 0 Å². The second kappa shape index (κ2) is 5.21. The zero-order valence-electron chi connectivity index (χ0n) is 10.0. The van der Waals surface area contributed by atoms with E-state index in [2.05, 4.69) is 19.9 Å². The van der Waals surface area contributed by atoms with E-state index in [0.29, 0.717) is 0 Å². The molecule has 1 nitrogen and oxygen atoms in total. The van der Waals surface area contributed by atoms with Crippen LogP contribution in [0.2, 0.25) is 5.02 Å². The Morgan fingerprint density at radius 2 is 2.00 bits per heavy atom. The van der Waals surface area contributed by atoms with Crippen LogP contribution in [0, 0.1) is 13.8 Å². The molecule has 0 aliphatic heterocycles. The first-order valence-corrected chi connectivity index (χ1v) is 6.83. The van der Waals surface area contributed by atoms with Crippen LogP contribution in [-0.2, 0) is 6.42 Å². The fraction of sp³-hybridized carbons (Fsp3) is 0.286. The normalized spacial score (nSPS) is 12.7. The molecule has 0 saturated carbocycles. The number of thiophene rings is 1. The first-order valence-electron chi connectivity index (χ1n) is 5.64. The number of hydrogen-bond donors (Lipinski definition) is 1. The largest absolute Gasteiger partial charge is 0.323 e. The maximum absolute atomic E-state index is 6.23. The molecular formula is C14H16ClNS. The van der Waals surface area contributed by atoms with E-state index in [0.717, 1.165) is 17.0 Å². The van der Waals surface area contributed by atoms with E-state index in [1.54, 1.807) is 11.3 Å². The van der Waals surface area contributed by atoms with Crippen molar-refractivity contribution in [2.45, 2.75) is 26.3 Å². The predicted molar refractivity (Wildman–Crippen MR) is 75.9 cm³/mol. The van der Waals surface area contributed by atoms with Crippen LogP contribution in [0.5, 0.6) is 0 Å². The van der Waals surface area contributed by atoms with Crippen molar-refractivity contribution in [3.8, 4) is 0 Å². The molecule has 3 heteroatoms. The SMILES string of the molecule is Cc1cc(C(N)Cc2ccccc2Cl)sc1C. The molecule has 0 amide bonds. The van der Waals surface area contributed by atoms with Crippen molar-refractivity contribution in [2.24, 2.45) is 5.73 Å². The Balaban J connectivity index is 2.17. The average molecular weight is 266 g/mol. The molecule has 0 spiro atoms. The number of benzene rings is 1. The Morgan fingerprint density at radius 1 is 1.29 bits per heavy atom. The van der Waals surface area contributed by atoms with Gasteiger partial charge in [0.05, 0.1) is 0 Å². The highest BCUT2D eigenvalue weighted by Crippen LogP contribution is 2.28. The van der Waals surface area contributed by atoms with Crippen molar-refractivity contribution in [1.29, 1.82) is 0 Å². The van der Waals surface area contributed by atoms with E-state index in [1.807, 2.05) is 24.3 Å². The van der Waals surface area contributed by atoms with Gasteiger partial charge in [0.15, 0.2) is 0 Å². The molecule has 0 radical (unpaired) electrons. The van der Waals surface area contributed by atoms with Crippen LogP contribution in [0.25, 0.3) is 0 Å². The minimum Gasteiger partial charge on any atom is -0.323 e. The Hall–Kier alpha value is -0.830. The summed E-state index contributed by atoms with van der Waals surface area (Å²) in [6.45, 7) is 4.25. The summed E-state index contributed by atoms with van der Waals surface area (Å²) in [6.07, 6.45) is 0.791. The monoisotopic (exact) mass is 265 g/mol. The van der Waals surface area contributed by atoms with Gasteiger partial charge in [0, 0.05) is 20.8 Å². The molecule has 1 heterocycles. The van der Waals surface area contributed by atoms with Gasteiger partial charge in [-0.1, -0.05) is 29.8 Å². The molecule has 0 fully saturated rings. The summed E-state index contributed by atoms with van der Waals surface area (Å²) >= 11 is 7.92. The minimum atomic E-state index is 0.0345. The van der Waals surface area contributed by atoms with Gasteiger partial charge in [0.1, 0.15) is 0 Å². The maximum atomic E-state index is 6.23. The Morgan fingerprint density at radius 3 is 2.59 bits per heavy atom. The molecule has 90 valence electrons. The summed E-state index contributed by atoms with van der Waals surface area (Å²) in [5, 5.41) is 0.799. The molecule has 0 aliphatic carbocycles. The van der Waals surface area contributed by atoms with E-state index in [1.165, 1.54) is 15.3 Å². The Bertz CT molecular complexity index is 499. The van der Waals surface area contributed by atoms with E-state index < -0.39 is 0 Å². The van der Waals surface area contributed by atoms with Crippen molar-refractivity contribution < 1.29 is 0 Å². The zero-order chi connectivity index (χ0) is 12.4. The molecule has 1 aromatic heterocycles. The number of halogens is 1. The van der Waals surface area contributed by atoms with Gasteiger partial charge < -0.3 is 5.73 Å². The summed E-state index contributed by atoms with van der Waals surface area (Å²) in [5.74, 6) is 0. The lowest BCUT2D eigenvalue weighted by Crippen LogP contribution is -2.12. The smallest absolute Gasteiger partial charge is 0.0438 e. The van der Waals surface area contributed by atoms with Gasteiger partial charge in [-0.3, -0.25) is 0 Å². The van der Waals surface area contributed by atoms with E-state index in [-0.39, 0.29) is 6.04 Å². The Labute approximate surface area is 111 Å². The molecule has 1 atom stereocenters. The molecule has 1 unspecified atom stereocenters. The van der Waals surface area contributed by atoms with Gasteiger partial charge in [-0.05, 0) is 43.5 Å².